The van der Waals surface area contributed by atoms with E-state index in [4.69, 9.17) is 17.3 Å². The van der Waals surface area contributed by atoms with Gasteiger partial charge in [0.15, 0.2) is 5.78 Å². The van der Waals surface area contributed by atoms with Gasteiger partial charge in [-0.2, -0.15) is 0 Å². The Hall–Kier alpha value is -1.39. The van der Waals surface area contributed by atoms with Crippen LogP contribution in [0, 0.1) is 5.92 Å². The minimum Gasteiger partial charge on any atom is -0.342 e. The van der Waals surface area contributed by atoms with Crippen LogP contribution in [-0.4, -0.2) is 36.2 Å². The molecule has 2 N–H and O–H groups in total. The number of nitrogens with two attached hydrogens (primary N) is 1. The summed E-state index contributed by atoms with van der Waals surface area (Å²) in [6.07, 6.45) is 1.47. The van der Waals surface area contributed by atoms with Crippen molar-refractivity contribution in [2.24, 2.45) is 11.7 Å². The molecule has 0 bridgehead atoms. The molecule has 0 aliphatic carbocycles. The summed E-state index contributed by atoms with van der Waals surface area (Å²) in [5.74, 6) is 0.429. The van der Waals surface area contributed by atoms with Gasteiger partial charge < -0.3 is 10.6 Å². The van der Waals surface area contributed by atoms with Crippen LogP contribution in [0.3, 0.4) is 0 Å². The number of amides is 1. The van der Waals surface area contributed by atoms with Crippen molar-refractivity contribution in [2.75, 3.05) is 19.6 Å². The lowest BCUT2D eigenvalue weighted by Gasteiger charge is -2.15. The fourth-order valence-electron chi connectivity index (χ4n) is 2.41. The third kappa shape index (κ3) is 3.81. The van der Waals surface area contributed by atoms with Crippen LogP contribution in [0.25, 0.3) is 0 Å². The first-order valence-electron chi connectivity index (χ1n) is 6.86. The Kier molecular flexibility index (Phi) is 5.15. The summed E-state index contributed by atoms with van der Waals surface area (Å²) in [6.45, 7) is 2.10. The van der Waals surface area contributed by atoms with Crippen molar-refractivity contribution < 1.29 is 9.59 Å². The largest absolute Gasteiger partial charge is 0.342 e. The van der Waals surface area contributed by atoms with Crippen molar-refractivity contribution >= 4 is 23.3 Å². The molecular weight excluding hydrogens is 276 g/mol. The first-order valence-corrected chi connectivity index (χ1v) is 7.24. The number of Topliss-reactive ketones (excluding diaryl/α,β-unsaturated/α-hetero) is 1. The molecule has 1 aromatic rings. The van der Waals surface area contributed by atoms with Crippen LogP contribution in [-0.2, 0) is 4.79 Å². The Morgan fingerprint density at radius 1 is 1.25 bits per heavy atom. The van der Waals surface area contributed by atoms with Crippen LogP contribution in [0.2, 0.25) is 5.02 Å². The molecule has 1 saturated heterocycles. The van der Waals surface area contributed by atoms with Gasteiger partial charge in [0.1, 0.15) is 0 Å². The minimum absolute atomic E-state index is 0.0235. The van der Waals surface area contributed by atoms with Crippen LogP contribution in [0.1, 0.15) is 29.6 Å². The monoisotopic (exact) mass is 294 g/mol. The molecule has 1 fully saturated rings. The fourth-order valence-corrected chi connectivity index (χ4v) is 2.54. The maximum atomic E-state index is 12.0. The van der Waals surface area contributed by atoms with Crippen molar-refractivity contribution in [3.8, 4) is 0 Å². The highest BCUT2D eigenvalue weighted by atomic mass is 35.5. The van der Waals surface area contributed by atoms with E-state index in [0.717, 1.165) is 19.5 Å². The molecule has 0 saturated carbocycles. The quantitative estimate of drug-likeness (QED) is 0.846. The van der Waals surface area contributed by atoms with E-state index in [-0.39, 0.29) is 24.5 Å². The summed E-state index contributed by atoms with van der Waals surface area (Å²) in [5, 5.41) is 0.600. The lowest BCUT2D eigenvalue weighted by atomic mass is 10.1. The number of halogens is 1. The second kappa shape index (κ2) is 6.86. The minimum atomic E-state index is -0.0235. The second-order valence-electron chi connectivity index (χ2n) is 5.16. The summed E-state index contributed by atoms with van der Waals surface area (Å²) >= 11 is 5.78. The second-order valence-corrected chi connectivity index (χ2v) is 5.60. The van der Waals surface area contributed by atoms with E-state index in [1.54, 1.807) is 24.3 Å². The fraction of sp³-hybridized carbons (Fsp3) is 0.467. The predicted molar refractivity (Wildman–Crippen MR) is 78.8 cm³/mol. The molecule has 20 heavy (non-hydrogen) atoms. The Morgan fingerprint density at radius 2 is 1.95 bits per heavy atom. The van der Waals surface area contributed by atoms with Crippen LogP contribution >= 0.6 is 11.6 Å². The number of nitrogens with zero attached hydrogens (tertiary/aromatic N) is 1. The van der Waals surface area contributed by atoms with Gasteiger partial charge in [-0.25, -0.2) is 0 Å². The maximum Gasteiger partial charge on any atom is 0.223 e. The highest BCUT2D eigenvalue weighted by Gasteiger charge is 2.25. The van der Waals surface area contributed by atoms with Crippen molar-refractivity contribution in [1.82, 2.24) is 4.90 Å². The Labute approximate surface area is 123 Å². The van der Waals surface area contributed by atoms with Crippen molar-refractivity contribution in [3.63, 3.8) is 0 Å². The summed E-state index contributed by atoms with van der Waals surface area (Å²) < 4.78 is 0. The molecular formula is C15H19ClN2O2. The normalized spacial score (nSPS) is 18.3. The van der Waals surface area contributed by atoms with Gasteiger partial charge in [0.05, 0.1) is 0 Å². The smallest absolute Gasteiger partial charge is 0.223 e. The Balaban J connectivity index is 1.81. The molecule has 0 radical (unpaired) electrons. The van der Waals surface area contributed by atoms with Gasteiger partial charge in [-0.05, 0) is 43.1 Å². The maximum absolute atomic E-state index is 12.0. The molecule has 1 heterocycles. The molecule has 1 atom stereocenters. The van der Waals surface area contributed by atoms with Crippen LogP contribution in [0.4, 0.5) is 0 Å². The van der Waals surface area contributed by atoms with Crippen LogP contribution in [0.5, 0.6) is 0 Å². The average molecular weight is 295 g/mol. The predicted octanol–water partition coefficient (Wildman–Crippen LogP) is 2.11. The molecule has 4 nitrogen and oxygen atoms in total. The third-order valence-corrected chi connectivity index (χ3v) is 3.96. The first-order chi connectivity index (χ1) is 9.60. The number of hydrogen-bond donors (Lipinski definition) is 1. The van der Waals surface area contributed by atoms with Crippen molar-refractivity contribution in [1.29, 1.82) is 0 Å². The standard InChI is InChI=1S/C15H19ClN2O2/c16-13-3-1-12(2-4-13)14(19)5-6-15(20)18-8-7-11(9-17)10-18/h1-4,11H,5-10,17H2. The molecule has 1 aromatic carbocycles. The highest BCUT2D eigenvalue weighted by molar-refractivity contribution is 6.30. The lowest BCUT2D eigenvalue weighted by Crippen LogP contribution is -2.30. The number of rotatable bonds is 5. The highest BCUT2D eigenvalue weighted by Crippen LogP contribution is 2.17. The molecule has 1 unspecified atom stereocenters. The van der Waals surface area contributed by atoms with Gasteiger partial charge in [0.25, 0.3) is 0 Å². The van der Waals surface area contributed by atoms with Crippen molar-refractivity contribution in [3.05, 3.63) is 34.9 Å². The number of benzene rings is 1. The van der Waals surface area contributed by atoms with E-state index in [0.29, 0.717) is 23.0 Å². The third-order valence-electron chi connectivity index (χ3n) is 3.70. The molecule has 1 aliphatic heterocycles. The van der Waals surface area contributed by atoms with E-state index in [2.05, 4.69) is 0 Å². The van der Waals surface area contributed by atoms with Gasteiger partial charge in [-0.1, -0.05) is 11.6 Å². The van der Waals surface area contributed by atoms with E-state index >= 15 is 0 Å². The molecule has 1 aliphatic rings. The summed E-state index contributed by atoms with van der Waals surface area (Å²) in [7, 11) is 0. The zero-order chi connectivity index (χ0) is 14.5. The number of hydrogen-bond acceptors (Lipinski definition) is 3. The number of likely N-dealkylation sites (tertiary alicyclic amines) is 1. The lowest BCUT2D eigenvalue weighted by molar-refractivity contribution is -0.130. The number of carbonyl (C=O) groups is 2. The first kappa shape index (κ1) is 15.0. The van der Waals surface area contributed by atoms with E-state index in [9.17, 15) is 9.59 Å². The summed E-state index contributed by atoms with van der Waals surface area (Å²) in [5.41, 5.74) is 6.20. The average Bonchev–Trinajstić information content (AvgIpc) is 2.94. The van der Waals surface area contributed by atoms with Gasteiger partial charge in [-0.3, -0.25) is 9.59 Å². The van der Waals surface area contributed by atoms with Crippen LogP contribution in [0.15, 0.2) is 24.3 Å². The number of carbonyl (C=O) groups excluding carboxylic acids is 2. The topological polar surface area (TPSA) is 63.4 Å². The number of ketones is 1. The summed E-state index contributed by atoms with van der Waals surface area (Å²) in [6, 6.07) is 6.75. The molecule has 1 amide bonds. The Morgan fingerprint density at radius 3 is 2.55 bits per heavy atom. The Bertz CT molecular complexity index is 487. The van der Waals surface area contributed by atoms with E-state index in [1.807, 2.05) is 4.90 Å². The van der Waals surface area contributed by atoms with E-state index < -0.39 is 0 Å². The van der Waals surface area contributed by atoms with Gasteiger partial charge in [0.2, 0.25) is 5.91 Å². The zero-order valence-corrected chi connectivity index (χ0v) is 12.1. The molecule has 0 aromatic heterocycles. The molecule has 2 rings (SSSR count). The van der Waals surface area contributed by atoms with Gasteiger partial charge in [0, 0.05) is 36.5 Å². The van der Waals surface area contributed by atoms with E-state index in [1.165, 1.54) is 0 Å². The van der Waals surface area contributed by atoms with Gasteiger partial charge >= 0.3 is 0 Å². The molecule has 0 spiro atoms. The molecule has 108 valence electrons. The summed E-state index contributed by atoms with van der Waals surface area (Å²) in [4.78, 5) is 25.8. The molecule has 5 heteroatoms. The van der Waals surface area contributed by atoms with Crippen LogP contribution < -0.4 is 5.73 Å². The zero-order valence-electron chi connectivity index (χ0n) is 11.3. The van der Waals surface area contributed by atoms with Gasteiger partial charge in [-0.15, -0.1) is 0 Å². The SMILES string of the molecule is NCC1CCN(C(=O)CCC(=O)c2ccc(Cl)cc2)C1. The van der Waals surface area contributed by atoms with Crippen molar-refractivity contribution in [2.45, 2.75) is 19.3 Å².